The number of anilines is 3. The van der Waals surface area contributed by atoms with Gasteiger partial charge in [-0.2, -0.15) is 0 Å². The maximum absolute atomic E-state index is 12.8. The Balaban J connectivity index is 1.56. The first kappa shape index (κ1) is 24.1. The van der Waals surface area contributed by atoms with Crippen LogP contribution in [0.3, 0.4) is 0 Å². The summed E-state index contributed by atoms with van der Waals surface area (Å²) in [5.74, 6) is -0.368. The topological polar surface area (TPSA) is 116 Å². The monoisotopic (exact) mass is 486 g/mol. The number of aryl methyl sites for hydroxylation is 1. The molecule has 33 heavy (non-hydrogen) atoms. The fourth-order valence-electron chi connectivity index (χ4n) is 2.91. The Kier molecular flexibility index (Phi) is 7.92. The summed E-state index contributed by atoms with van der Waals surface area (Å²) in [5, 5.41) is 8.40. The van der Waals surface area contributed by atoms with Gasteiger partial charge >= 0.3 is 6.03 Å². The van der Waals surface area contributed by atoms with Crippen molar-refractivity contribution in [1.82, 2.24) is 5.32 Å². The van der Waals surface area contributed by atoms with Gasteiger partial charge in [0.25, 0.3) is 10.0 Å². The van der Waals surface area contributed by atoms with E-state index in [1.807, 2.05) is 6.07 Å². The Labute approximate surface area is 197 Å². The van der Waals surface area contributed by atoms with Crippen LogP contribution in [0.25, 0.3) is 0 Å². The van der Waals surface area contributed by atoms with Crippen molar-refractivity contribution in [2.45, 2.75) is 18.2 Å². The van der Waals surface area contributed by atoms with Crippen LogP contribution in [0.2, 0.25) is 5.02 Å². The highest BCUT2D eigenvalue weighted by atomic mass is 35.5. The molecule has 10 heteroatoms. The van der Waals surface area contributed by atoms with Crippen LogP contribution >= 0.6 is 11.6 Å². The first-order valence-corrected chi connectivity index (χ1v) is 11.9. The van der Waals surface area contributed by atoms with Crippen LogP contribution < -0.4 is 20.7 Å². The molecule has 0 aliphatic heterocycles. The molecule has 3 aromatic carbocycles. The van der Waals surface area contributed by atoms with E-state index in [0.29, 0.717) is 27.6 Å². The van der Waals surface area contributed by atoms with Gasteiger partial charge in [-0.05, 0) is 61.0 Å². The van der Waals surface area contributed by atoms with Gasteiger partial charge in [0.15, 0.2) is 0 Å². The van der Waals surface area contributed by atoms with E-state index in [-0.39, 0.29) is 23.8 Å². The molecule has 0 bridgehead atoms. The second-order valence-corrected chi connectivity index (χ2v) is 9.23. The molecule has 0 atom stereocenters. The third kappa shape index (κ3) is 7.23. The largest absolute Gasteiger partial charge is 0.337 e. The number of halogens is 1. The van der Waals surface area contributed by atoms with E-state index >= 15 is 0 Å². The van der Waals surface area contributed by atoms with Gasteiger partial charge in [0.1, 0.15) is 0 Å². The normalized spacial score (nSPS) is 10.8. The number of urea groups is 1. The van der Waals surface area contributed by atoms with Gasteiger partial charge in [-0.15, -0.1) is 0 Å². The molecule has 0 unspecified atom stereocenters. The molecule has 0 heterocycles. The van der Waals surface area contributed by atoms with Gasteiger partial charge in [0, 0.05) is 35.1 Å². The summed E-state index contributed by atoms with van der Waals surface area (Å²) in [6, 6.07) is 19.4. The lowest BCUT2D eigenvalue weighted by Gasteiger charge is -2.13. The van der Waals surface area contributed by atoms with Crippen LogP contribution in [-0.2, 0) is 14.8 Å². The number of para-hydroxylation sites is 1. The minimum absolute atomic E-state index is 0.0151. The molecule has 4 N–H and O–H groups in total. The zero-order valence-corrected chi connectivity index (χ0v) is 19.3. The van der Waals surface area contributed by atoms with Gasteiger partial charge in [-0.1, -0.05) is 35.9 Å². The van der Waals surface area contributed by atoms with Crippen molar-refractivity contribution >= 4 is 50.6 Å². The Morgan fingerprint density at radius 3 is 2.21 bits per heavy atom. The molecule has 0 saturated heterocycles. The molecule has 0 radical (unpaired) electrons. The second kappa shape index (κ2) is 10.8. The smallest absolute Gasteiger partial charge is 0.319 e. The lowest BCUT2D eigenvalue weighted by atomic mass is 10.2. The van der Waals surface area contributed by atoms with Crippen molar-refractivity contribution in [2.75, 3.05) is 21.9 Å². The summed E-state index contributed by atoms with van der Waals surface area (Å²) in [4.78, 5) is 24.2. The molecule has 0 spiro atoms. The zero-order valence-electron chi connectivity index (χ0n) is 17.8. The summed E-state index contributed by atoms with van der Waals surface area (Å²) in [6.07, 6.45) is 0.0151. The van der Waals surface area contributed by atoms with Gasteiger partial charge in [0.2, 0.25) is 5.91 Å². The Hall–Kier alpha value is -3.56. The van der Waals surface area contributed by atoms with Crippen molar-refractivity contribution in [1.29, 1.82) is 0 Å². The summed E-state index contributed by atoms with van der Waals surface area (Å²) in [7, 11) is -3.88. The molecule has 0 fully saturated rings. The van der Waals surface area contributed by atoms with E-state index in [1.165, 1.54) is 6.07 Å². The van der Waals surface area contributed by atoms with Crippen molar-refractivity contribution < 1.29 is 18.0 Å². The van der Waals surface area contributed by atoms with Gasteiger partial charge in [-0.25, -0.2) is 13.2 Å². The maximum atomic E-state index is 12.8. The molecule has 0 aliphatic carbocycles. The summed E-state index contributed by atoms with van der Waals surface area (Å²) < 4.78 is 28.2. The number of hydrogen-bond donors (Lipinski definition) is 4. The number of nitrogens with one attached hydrogen (secondary N) is 4. The van der Waals surface area contributed by atoms with Crippen LogP contribution in [0, 0.1) is 6.92 Å². The average molecular weight is 487 g/mol. The standard InChI is InChI=1S/C23H23ClN4O4S/c1-16-7-10-20(15-21(16)33(31,32)28-19-11-8-17(24)9-12-19)26-22(29)13-14-25-23(30)27-18-5-3-2-4-6-18/h2-12,15,28H,13-14H2,1H3,(H,26,29)(H2,25,27,30). The van der Waals surface area contributed by atoms with Crippen molar-refractivity contribution in [3.8, 4) is 0 Å². The molecular formula is C23H23ClN4O4S. The average Bonchev–Trinajstić information content (AvgIpc) is 2.77. The predicted molar refractivity (Wildman–Crippen MR) is 130 cm³/mol. The van der Waals surface area contributed by atoms with Crippen LogP contribution in [0.1, 0.15) is 12.0 Å². The van der Waals surface area contributed by atoms with E-state index in [1.54, 1.807) is 67.6 Å². The molecule has 0 saturated carbocycles. The second-order valence-electron chi connectivity index (χ2n) is 7.14. The number of sulfonamides is 1. The third-order valence-corrected chi connectivity index (χ3v) is 6.30. The quantitative estimate of drug-likeness (QED) is 0.372. The highest BCUT2D eigenvalue weighted by molar-refractivity contribution is 7.92. The first-order valence-electron chi connectivity index (χ1n) is 10.0. The van der Waals surface area contributed by atoms with Crippen LogP contribution in [0.15, 0.2) is 77.7 Å². The molecule has 172 valence electrons. The summed E-state index contributed by atoms with van der Waals surface area (Å²) >= 11 is 5.84. The third-order valence-electron chi connectivity index (χ3n) is 4.53. The Morgan fingerprint density at radius 2 is 1.52 bits per heavy atom. The molecule has 3 aromatic rings. The number of hydrogen-bond acceptors (Lipinski definition) is 4. The Bertz CT molecular complexity index is 1230. The maximum Gasteiger partial charge on any atom is 0.319 e. The van der Waals surface area contributed by atoms with Crippen molar-refractivity contribution in [2.24, 2.45) is 0 Å². The molecular weight excluding hydrogens is 464 g/mol. The highest BCUT2D eigenvalue weighted by Gasteiger charge is 2.18. The lowest BCUT2D eigenvalue weighted by Crippen LogP contribution is -2.31. The minimum atomic E-state index is -3.88. The van der Waals surface area contributed by atoms with Gasteiger partial charge in [0.05, 0.1) is 4.90 Å². The highest BCUT2D eigenvalue weighted by Crippen LogP contribution is 2.24. The van der Waals surface area contributed by atoms with Crippen molar-refractivity contribution in [3.05, 3.63) is 83.4 Å². The number of carbonyl (C=O) groups is 2. The van der Waals surface area contributed by atoms with Gasteiger partial charge in [-0.3, -0.25) is 9.52 Å². The minimum Gasteiger partial charge on any atom is -0.337 e. The fourth-order valence-corrected chi connectivity index (χ4v) is 4.36. The lowest BCUT2D eigenvalue weighted by molar-refractivity contribution is -0.116. The van der Waals surface area contributed by atoms with E-state index in [9.17, 15) is 18.0 Å². The first-order chi connectivity index (χ1) is 15.7. The summed E-state index contributed by atoms with van der Waals surface area (Å²) in [6.45, 7) is 1.77. The molecule has 3 rings (SSSR count). The SMILES string of the molecule is Cc1ccc(NC(=O)CCNC(=O)Nc2ccccc2)cc1S(=O)(=O)Nc1ccc(Cl)cc1. The molecule has 8 nitrogen and oxygen atoms in total. The van der Waals surface area contributed by atoms with E-state index < -0.39 is 16.1 Å². The summed E-state index contributed by atoms with van der Waals surface area (Å²) in [5.41, 5.74) is 1.86. The predicted octanol–water partition coefficient (Wildman–Crippen LogP) is 4.60. The number of benzene rings is 3. The molecule has 3 amide bonds. The van der Waals surface area contributed by atoms with Crippen LogP contribution in [0.4, 0.5) is 21.9 Å². The number of amides is 3. The fraction of sp³-hybridized carbons (Fsp3) is 0.130. The van der Waals surface area contributed by atoms with E-state index in [4.69, 9.17) is 11.6 Å². The number of carbonyl (C=O) groups excluding carboxylic acids is 2. The zero-order chi connectivity index (χ0) is 23.8. The van der Waals surface area contributed by atoms with Crippen molar-refractivity contribution in [3.63, 3.8) is 0 Å². The number of rotatable bonds is 8. The van der Waals surface area contributed by atoms with E-state index in [2.05, 4.69) is 20.7 Å². The van der Waals surface area contributed by atoms with Gasteiger partial charge < -0.3 is 16.0 Å². The Morgan fingerprint density at radius 1 is 0.848 bits per heavy atom. The van der Waals surface area contributed by atoms with Crippen LogP contribution in [0.5, 0.6) is 0 Å². The molecule has 0 aliphatic rings. The van der Waals surface area contributed by atoms with Crippen LogP contribution in [-0.4, -0.2) is 26.9 Å². The molecule has 0 aromatic heterocycles. The van der Waals surface area contributed by atoms with E-state index in [0.717, 1.165) is 0 Å².